The third kappa shape index (κ3) is 7.33. The standard InChI is InChI=1S/C15H29N3OS/c1-6-18(7-2)8-9-19-11-13-12-20-14(17-13)10-16-15(3,4)5/h12,16H,6-11H2,1-5H3. The fourth-order valence-electron chi connectivity index (χ4n) is 1.75. The maximum absolute atomic E-state index is 5.69. The Labute approximate surface area is 127 Å². The van der Waals surface area contributed by atoms with Crippen molar-refractivity contribution >= 4 is 11.3 Å². The van der Waals surface area contributed by atoms with Gasteiger partial charge in [-0.3, -0.25) is 0 Å². The second-order valence-electron chi connectivity index (χ2n) is 5.92. The molecule has 0 aliphatic heterocycles. The Morgan fingerprint density at radius 2 is 2.00 bits per heavy atom. The van der Waals surface area contributed by atoms with E-state index in [9.17, 15) is 0 Å². The van der Waals surface area contributed by atoms with Gasteiger partial charge in [0.2, 0.25) is 0 Å². The van der Waals surface area contributed by atoms with Crippen LogP contribution in [0.4, 0.5) is 0 Å². The van der Waals surface area contributed by atoms with Crippen molar-refractivity contribution in [3.05, 3.63) is 16.1 Å². The Bertz CT molecular complexity index is 369. The molecular weight excluding hydrogens is 270 g/mol. The van der Waals surface area contributed by atoms with Crippen molar-refractivity contribution < 1.29 is 4.74 Å². The number of thiazole rings is 1. The zero-order chi connectivity index (χ0) is 15.0. The Morgan fingerprint density at radius 1 is 1.30 bits per heavy atom. The summed E-state index contributed by atoms with van der Waals surface area (Å²) in [5.74, 6) is 0. The fourth-order valence-corrected chi connectivity index (χ4v) is 2.47. The van der Waals surface area contributed by atoms with Crippen LogP contribution in [0.15, 0.2) is 5.38 Å². The fraction of sp³-hybridized carbons (Fsp3) is 0.800. The lowest BCUT2D eigenvalue weighted by atomic mass is 10.1. The lowest BCUT2D eigenvalue weighted by Crippen LogP contribution is -2.35. The van der Waals surface area contributed by atoms with Gasteiger partial charge >= 0.3 is 0 Å². The van der Waals surface area contributed by atoms with Crippen LogP contribution in [0.2, 0.25) is 0 Å². The van der Waals surface area contributed by atoms with Gasteiger partial charge < -0.3 is 15.0 Å². The number of rotatable bonds is 9. The van der Waals surface area contributed by atoms with Gasteiger partial charge in [0.25, 0.3) is 0 Å². The zero-order valence-corrected chi connectivity index (χ0v) is 14.3. The normalized spacial score (nSPS) is 12.3. The molecule has 20 heavy (non-hydrogen) atoms. The van der Waals surface area contributed by atoms with Crippen molar-refractivity contribution in [2.24, 2.45) is 0 Å². The SMILES string of the molecule is CCN(CC)CCOCc1csc(CNC(C)(C)C)n1. The van der Waals surface area contributed by atoms with Crippen molar-refractivity contribution in [1.82, 2.24) is 15.2 Å². The summed E-state index contributed by atoms with van der Waals surface area (Å²) in [5, 5.41) is 6.67. The Kier molecular flexibility index (Phi) is 7.66. The number of nitrogens with zero attached hydrogens (tertiary/aromatic N) is 2. The van der Waals surface area contributed by atoms with Crippen LogP contribution in [-0.4, -0.2) is 41.7 Å². The summed E-state index contributed by atoms with van der Waals surface area (Å²) in [5.41, 5.74) is 1.17. The summed E-state index contributed by atoms with van der Waals surface area (Å²) in [4.78, 5) is 6.95. The van der Waals surface area contributed by atoms with Crippen LogP contribution in [0.1, 0.15) is 45.3 Å². The van der Waals surface area contributed by atoms with Gasteiger partial charge in [-0.2, -0.15) is 0 Å². The lowest BCUT2D eigenvalue weighted by molar-refractivity contribution is 0.0938. The zero-order valence-electron chi connectivity index (χ0n) is 13.5. The first-order chi connectivity index (χ1) is 9.44. The largest absolute Gasteiger partial charge is 0.374 e. The minimum absolute atomic E-state index is 0.131. The molecule has 0 aliphatic carbocycles. The molecular formula is C15H29N3OS. The highest BCUT2D eigenvalue weighted by molar-refractivity contribution is 7.09. The van der Waals surface area contributed by atoms with Crippen molar-refractivity contribution in [2.75, 3.05) is 26.2 Å². The van der Waals surface area contributed by atoms with E-state index in [2.05, 4.69) is 55.2 Å². The average molecular weight is 299 g/mol. The van der Waals surface area contributed by atoms with Crippen LogP contribution in [0.25, 0.3) is 0 Å². The minimum Gasteiger partial charge on any atom is -0.374 e. The summed E-state index contributed by atoms with van der Waals surface area (Å²) < 4.78 is 5.69. The monoisotopic (exact) mass is 299 g/mol. The van der Waals surface area contributed by atoms with Crippen molar-refractivity contribution in [2.45, 2.75) is 53.3 Å². The molecule has 0 aliphatic rings. The average Bonchev–Trinajstić information content (AvgIpc) is 2.84. The van der Waals surface area contributed by atoms with E-state index < -0.39 is 0 Å². The molecule has 0 saturated heterocycles. The van der Waals surface area contributed by atoms with Crippen molar-refractivity contribution in [3.63, 3.8) is 0 Å². The van der Waals surface area contributed by atoms with Crippen LogP contribution >= 0.6 is 11.3 Å². The van der Waals surface area contributed by atoms with E-state index >= 15 is 0 Å². The predicted molar refractivity (Wildman–Crippen MR) is 86.2 cm³/mol. The Balaban J connectivity index is 2.23. The van der Waals surface area contributed by atoms with E-state index in [0.717, 1.165) is 43.5 Å². The first kappa shape index (κ1) is 17.6. The molecule has 1 rings (SSSR count). The Morgan fingerprint density at radius 3 is 2.60 bits per heavy atom. The lowest BCUT2D eigenvalue weighted by Gasteiger charge is -2.19. The van der Waals surface area contributed by atoms with Crippen LogP contribution in [0.3, 0.4) is 0 Å². The van der Waals surface area contributed by atoms with Gasteiger partial charge in [0.05, 0.1) is 18.9 Å². The maximum Gasteiger partial charge on any atom is 0.107 e. The molecule has 0 spiro atoms. The number of aromatic nitrogens is 1. The number of likely N-dealkylation sites (N-methyl/N-ethyl adjacent to an activating group) is 1. The third-order valence-corrected chi connectivity index (χ3v) is 3.96. The summed E-state index contributed by atoms with van der Waals surface area (Å²) in [6.07, 6.45) is 0. The van der Waals surface area contributed by atoms with E-state index in [4.69, 9.17) is 4.74 Å². The van der Waals surface area contributed by atoms with Gasteiger partial charge in [0.1, 0.15) is 5.01 Å². The molecule has 0 amide bonds. The second-order valence-corrected chi connectivity index (χ2v) is 6.86. The van der Waals surface area contributed by atoms with Crippen molar-refractivity contribution in [3.8, 4) is 0 Å². The topological polar surface area (TPSA) is 37.4 Å². The highest BCUT2D eigenvalue weighted by Crippen LogP contribution is 2.12. The molecule has 0 unspecified atom stereocenters. The second kappa shape index (κ2) is 8.72. The molecule has 1 N–H and O–H groups in total. The smallest absolute Gasteiger partial charge is 0.107 e. The minimum atomic E-state index is 0.131. The number of nitrogens with one attached hydrogen (secondary N) is 1. The van der Waals surface area contributed by atoms with E-state index in [1.54, 1.807) is 11.3 Å². The highest BCUT2D eigenvalue weighted by Gasteiger charge is 2.10. The van der Waals surface area contributed by atoms with Crippen LogP contribution < -0.4 is 5.32 Å². The van der Waals surface area contributed by atoms with E-state index in [-0.39, 0.29) is 5.54 Å². The van der Waals surface area contributed by atoms with E-state index in [1.807, 2.05) is 0 Å². The summed E-state index contributed by atoms with van der Waals surface area (Å²) in [6, 6.07) is 0. The number of hydrogen-bond acceptors (Lipinski definition) is 5. The predicted octanol–water partition coefficient (Wildman–Crippen LogP) is 2.89. The van der Waals surface area contributed by atoms with Gasteiger partial charge in [-0.25, -0.2) is 4.98 Å². The van der Waals surface area contributed by atoms with Gasteiger partial charge in [0, 0.05) is 24.0 Å². The number of ether oxygens (including phenoxy) is 1. The molecule has 1 aromatic heterocycles. The summed E-state index contributed by atoms with van der Waals surface area (Å²) in [7, 11) is 0. The molecule has 0 atom stereocenters. The maximum atomic E-state index is 5.69. The molecule has 0 fully saturated rings. The van der Waals surface area contributed by atoms with Crippen LogP contribution in [-0.2, 0) is 17.9 Å². The molecule has 5 heteroatoms. The van der Waals surface area contributed by atoms with E-state index in [0.29, 0.717) is 6.61 Å². The van der Waals surface area contributed by atoms with Gasteiger partial charge in [-0.1, -0.05) is 13.8 Å². The molecule has 116 valence electrons. The van der Waals surface area contributed by atoms with Crippen LogP contribution in [0, 0.1) is 0 Å². The molecule has 4 nitrogen and oxygen atoms in total. The summed E-state index contributed by atoms with van der Waals surface area (Å²) >= 11 is 1.70. The molecule has 0 aromatic carbocycles. The molecule has 1 aromatic rings. The summed E-state index contributed by atoms with van der Waals surface area (Å²) in [6.45, 7) is 16.2. The molecule has 0 saturated carbocycles. The molecule has 0 bridgehead atoms. The Hall–Kier alpha value is -0.490. The van der Waals surface area contributed by atoms with Gasteiger partial charge in [-0.15, -0.1) is 11.3 Å². The first-order valence-corrected chi connectivity index (χ1v) is 8.31. The third-order valence-electron chi connectivity index (χ3n) is 3.07. The molecule has 1 heterocycles. The molecule has 0 radical (unpaired) electrons. The van der Waals surface area contributed by atoms with Gasteiger partial charge in [-0.05, 0) is 33.9 Å². The van der Waals surface area contributed by atoms with E-state index in [1.165, 1.54) is 0 Å². The number of hydrogen-bond donors (Lipinski definition) is 1. The van der Waals surface area contributed by atoms with Crippen LogP contribution in [0.5, 0.6) is 0 Å². The first-order valence-electron chi connectivity index (χ1n) is 7.43. The highest BCUT2D eigenvalue weighted by atomic mass is 32.1. The quantitative estimate of drug-likeness (QED) is 0.712. The van der Waals surface area contributed by atoms with Crippen molar-refractivity contribution in [1.29, 1.82) is 0 Å². The van der Waals surface area contributed by atoms with Gasteiger partial charge in [0.15, 0.2) is 0 Å².